The third kappa shape index (κ3) is 3.54. The maximum absolute atomic E-state index is 12.5. The van der Waals surface area contributed by atoms with Crippen LogP contribution in [0.1, 0.15) is 40.8 Å². The third-order valence-corrected chi connectivity index (χ3v) is 5.77. The number of hydrogen-bond donors (Lipinski definition) is 0. The lowest BCUT2D eigenvalue weighted by Gasteiger charge is -2.21. The van der Waals surface area contributed by atoms with Crippen molar-refractivity contribution in [2.45, 2.75) is 39.5 Å². The van der Waals surface area contributed by atoms with Crippen LogP contribution < -0.4 is 0 Å². The molecule has 0 radical (unpaired) electrons. The molecule has 0 aromatic carbocycles. The molecule has 0 saturated carbocycles. The lowest BCUT2D eigenvalue weighted by atomic mass is 10.1. The Hall–Kier alpha value is -1.77. The molecule has 8 heteroatoms. The van der Waals surface area contributed by atoms with E-state index >= 15 is 0 Å². The monoisotopic (exact) mass is 375 g/mol. The summed E-state index contributed by atoms with van der Waals surface area (Å²) in [7, 11) is 0. The largest absolute Gasteiger partial charge is 0.376 e. The van der Waals surface area contributed by atoms with E-state index in [1.807, 2.05) is 10.3 Å². The molecule has 0 spiro atoms. The number of aromatic nitrogens is 3. The van der Waals surface area contributed by atoms with Crippen LogP contribution in [0, 0.1) is 0 Å². The molecule has 1 saturated heterocycles. The standard InChI is InChI=1S/C18H25N5O2S/c1-2-23-17-4-9-25-11-14(17)15(20-23)10-21-5-3-6-22(8-7-21)18(24)16-12-26-13-19-16/h12-13H,2-11H2,1H3. The number of carbonyl (C=O) groups is 1. The van der Waals surface area contributed by atoms with Gasteiger partial charge in [-0.3, -0.25) is 14.4 Å². The number of thiazole rings is 1. The van der Waals surface area contributed by atoms with Crippen LogP contribution in [0.3, 0.4) is 0 Å². The molecule has 2 aromatic rings. The van der Waals surface area contributed by atoms with Gasteiger partial charge in [-0.25, -0.2) is 4.98 Å². The predicted octanol–water partition coefficient (Wildman–Crippen LogP) is 1.78. The van der Waals surface area contributed by atoms with Crippen LogP contribution in [0.15, 0.2) is 10.9 Å². The fourth-order valence-corrected chi connectivity index (χ4v) is 4.32. The summed E-state index contributed by atoms with van der Waals surface area (Å²) < 4.78 is 7.80. The number of amides is 1. The average molecular weight is 375 g/mol. The fourth-order valence-electron chi connectivity index (χ4n) is 3.79. The van der Waals surface area contributed by atoms with Crippen LogP contribution in [0.25, 0.3) is 0 Å². The highest BCUT2D eigenvalue weighted by atomic mass is 32.1. The Morgan fingerprint density at radius 1 is 1.31 bits per heavy atom. The van der Waals surface area contributed by atoms with Gasteiger partial charge in [-0.1, -0.05) is 0 Å². The van der Waals surface area contributed by atoms with Gasteiger partial charge in [0.15, 0.2) is 0 Å². The first-order valence-corrected chi connectivity index (χ1v) is 10.3. The van der Waals surface area contributed by atoms with E-state index in [9.17, 15) is 4.79 Å². The topological polar surface area (TPSA) is 63.5 Å². The van der Waals surface area contributed by atoms with Crippen molar-refractivity contribution in [3.63, 3.8) is 0 Å². The maximum atomic E-state index is 12.5. The molecule has 4 heterocycles. The molecule has 26 heavy (non-hydrogen) atoms. The summed E-state index contributed by atoms with van der Waals surface area (Å²) in [5.41, 5.74) is 6.03. The normalized spacial score (nSPS) is 18.6. The van der Waals surface area contributed by atoms with Gasteiger partial charge < -0.3 is 9.64 Å². The van der Waals surface area contributed by atoms with Gasteiger partial charge in [-0.15, -0.1) is 11.3 Å². The second kappa shape index (κ2) is 7.85. The molecule has 2 aliphatic rings. The summed E-state index contributed by atoms with van der Waals surface area (Å²) in [5.74, 6) is 0.0501. The third-order valence-electron chi connectivity index (χ3n) is 5.18. The van der Waals surface area contributed by atoms with Gasteiger partial charge in [-0.05, 0) is 13.3 Å². The van der Waals surface area contributed by atoms with Crippen molar-refractivity contribution in [1.82, 2.24) is 24.6 Å². The minimum atomic E-state index is 0.0501. The summed E-state index contributed by atoms with van der Waals surface area (Å²) in [6.45, 7) is 8.71. The Morgan fingerprint density at radius 2 is 2.23 bits per heavy atom. The molecule has 2 aromatic heterocycles. The van der Waals surface area contributed by atoms with E-state index in [-0.39, 0.29) is 5.91 Å². The van der Waals surface area contributed by atoms with Crippen LogP contribution in [0.4, 0.5) is 0 Å². The molecule has 140 valence electrons. The van der Waals surface area contributed by atoms with Crippen molar-refractivity contribution in [3.05, 3.63) is 33.5 Å². The van der Waals surface area contributed by atoms with Crippen molar-refractivity contribution in [1.29, 1.82) is 0 Å². The molecule has 0 atom stereocenters. The summed E-state index contributed by atoms with van der Waals surface area (Å²) in [6.07, 6.45) is 1.93. The number of carbonyl (C=O) groups excluding carboxylic acids is 1. The molecule has 0 aliphatic carbocycles. The van der Waals surface area contributed by atoms with Gasteiger partial charge in [0.25, 0.3) is 5.91 Å². The van der Waals surface area contributed by atoms with Crippen molar-refractivity contribution in [2.24, 2.45) is 0 Å². The zero-order valence-electron chi connectivity index (χ0n) is 15.2. The quantitative estimate of drug-likeness (QED) is 0.815. The summed E-state index contributed by atoms with van der Waals surface area (Å²) in [5, 5.41) is 6.66. The second-order valence-corrected chi connectivity index (χ2v) is 7.50. The predicted molar refractivity (Wildman–Crippen MR) is 99.2 cm³/mol. The Balaban J connectivity index is 1.42. The molecule has 0 unspecified atom stereocenters. The molecule has 0 N–H and O–H groups in total. The van der Waals surface area contributed by atoms with Gasteiger partial charge in [0, 0.05) is 62.3 Å². The number of nitrogens with zero attached hydrogens (tertiary/aromatic N) is 5. The van der Waals surface area contributed by atoms with E-state index in [0.29, 0.717) is 12.3 Å². The Labute approximate surface area is 157 Å². The van der Waals surface area contributed by atoms with E-state index in [1.54, 1.807) is 5.51 Å². The van der Waals surface area contributed by atoms with E-state index in [0.717, 1.165) is 64.4 Å². The summed E-state index contributed by atoms with van der Waals surface area (Å²) >= 11 is 1.47. The number of fused-ring (bicyclic) bond motifs is 1. The zero-order chi connectivity index (χ0) is 17.9. The number of hydrogen-bond acceptors (Lipinski definition) is 6. The van der Waals surface area contributed by atoms with Gasteiger partial charge >= 0.3 is 0 Å². The smallest absolute Gasteiger partial charge is 0.273 e. The van der Waals surface area contributed by atoms with E-state index < -0.39 is 0 Å². The number of aryl methyl sites for hydroxylation is 1. The molecule has 2 aliphatic heterocycles. The number of rotatable bonds is 4. The Morgan fingerprint density at radius 3 is 3.04 bits per heavy atom. The van der Waals surface area contributed by atoms with Crippen molar-refractivity contribution < 1.29 is 9.53 Å². The van der Waals surface area contributed by atoms with Crippen LogP contribution in [-0.2, 0) is 30.9 Å². The first kappa shape index (κ1) is 17.6. The van der Waals surface area contributed by atoms with Crippen molar-refractivity contribution >= 4 is 17.2 Å². The van der Waals surface area contributed by atoms with Gasteiger partial charge in [0.2, 0.25) is 0 Å². The zero-order valence-corrected chi connectivity index (χ0v) is 16.0. The minimum Gasteiger partial charge on any atom is -0.376 e. The van der Waals surface area contributed by atoms with E-state index in [4.69, 9.17) is 9.84 Å². The average Bonchev–Trinajstić information content (AvgIpc) is 3.26. The highest BCUT2D eigenvalue weighted by Crippen LogP contribution is 2.22. The van der Waals surface area contributed by atoms with Crippen molar-refractivity contribution in [3.8, 4) is 0 Å². The lowest BCUT2D eigenvalue weighted by molar-refractivity contribution is 0.0756. The second-order valence-electron chi connectivity index (χ2n) is 6.79. The first-order chi connectivity index (χ1) is 12.8. The summed E-state index contributed by atoms with van der Waals surface area (Å²) in [4.78, 5) is 21.0. The number of ether oxygens (including phenoxy) is 1. The molecule has 4 rings (SSSR count). The highest BCUT2D eigenvalue weighted by molar-refractivity contribution is 7.07. The van der Waals surface area contributed by atoms with Crippen LogP contribution in [-0.4, -0.2) is 63.3 Å². The molecular weight excluding hydrogens is 350 g/mol. The SMILES string of the molecule is CCn1nc(CN2CCCN(C(=O)c3cscn3)CC2)c2c1CCOC2. The minimum absolute atomic E-state index is 0.0501. The first-order valence-electron chi connectivity index (χ1n) is 9.31. The molecule has 0 bridgehead atoms. The van der Waals surface area contributed by atoms with Gasteiger partial charge in [-0.2, -0.15) is 5.10 Å². The van der Waals surface area contributed by atoms with Gasteiger partial charge in [0.05, 0.1) is 24.4 Å². The Bertz CT molecular complexity index is 758. The molecule has 1 fully saturated rings. The van der Waals surface area contributed by atoms with Crippen LogP contribution in [0.2, 0.25) is 0 Å². The fraction of sp³-hybridized carbons (Fsp3) is 0.611. The molecular formula is C18H25N5O2S. The Kier molecular flexibility index (Phi) is 5.33. The molecule has 7 nitrogen and oxygen atoms in total. The van der Waals surface area contributed by atoms with Crippen LogP contribution in [0.5, 0.6) is 0 Å². The molecule has 1 amide bonds. The van der Waals surface area contributed by atoms with Crippen molar-refractivity contribution in [2.75, 3.05) is 32.8 Å². The van der Waals surface area contributed by atoms with E-state index in [2.05, 4.69) is 21.5 Å². The van der Waals surface area contributed by atoms with E-state index in [1.165, 1.54) is 22.6 Å². The maximum Gasteiger partial charge on any atom is 0.273 e. The summed E-state index contributed by atoms with van der Waals surface area (Å²) in [6, 6.07) is 0. The van der Waals surface area contributed by atoms with Crippen LogP contribution >= 0.6 is 11.3 Å². The lowest BCUT2D eigenvalue weighted by Crippen LogP contribution is -2.35. The highest BCUT2D eigenvalue weighted by Gasteiger charge is 2.25. The van der Waals surface area contributed by atoms with Gasteiger partial charge in [0.1, 0.15) is 5.69 Å².